The number of nitrogens with zero attached hydrogens (tertiary/aromatic N) is 1. The molecular weight excluding hydrogens is 320 g/mol. The smallest absolute Gasteiger partial charge is 0.322 e. The minimum atomic E-state index is -0.659. The van der Waals surface area contributed by atoms with Crippen LogP contribution in [-0.4, -0.2) is 55.6 Å². The molecule has 1 atom stereocenters. The molecule has 1 saturated heterocycles. The number of nitrogens with one attached hydrogen (secondary N) is 1. The van der Waals surface area contributed by atoms with Gasteiger partial charge in [0, 0.05) is 17.8 Å². The summed E-state index contributed by atoms with van der Waals surface area (Å²) in [7, 11) is 1.64. The average molecular weight is 342 g/mol. The Morgan fingerprint density at radius 1 is 1.28 bits per heavy atom. The second-order valence-electron chi connectivity index (χ2n) is 5.89. The molecule has 2 N–H and O–H groups in total. The Kier molecular flexibility index (Phi) is 5.53. The number of rotatable bonds is 3. The van der Waals surface area contributed by atoms with Crippen molar-refractivity contribution in [1.82, 2.24) is 4.90 Å². The van der Waals surface area contributed by atoms with Gasteiger partial charge in [-0.2, -0.15) is 0 Å². The van der Waals surface area contributed by atoms with E-state index in [1.54, 1.807) is 12.0 Å². The Morgan fingerprint density at radius 3 is 2.96 bits per heavy atom. The SMILES string of the molecule is COc1ccccc1-c1cccc(NC(=O)N2CCOCC(O)C2)c1. The number of aliphatic hydroxyl groups excluding tert-OH is 1. The highest BCUT2D eigenvalue weighted by Gasteiger charge is 2.21. The molecule has 0 saturated carbocycles. The third kappa shape index (κ3) is 4.29. The van der Waals surface area contributed by atoms with Gasteiger partial charge in [0.15, 0.2) is 0 Å². The van der Waals surface area contributed by atoms with E-state index in [0.29, 0.717) is 18.8 Å². The predicted molar refractivity (Wildman–Crippen MR) is 95.8 cm³/mol. The number of β-amino-alcohol motifs (C(OH)–C–C–N with tert-alkyl or cyclic N) is 1. The largest absolute Gasteiger partial charge is 0.496 e. The van der Waals surface area contributed by atoms with Crippen LogP contribution < -0.4 is 10.1 Å². The molecule has 3 rings (SSSR count). The monoisotopic (exact) mass is 342 g/mol. The van der Waals surface area contributed by atoms with Gasteiger partial charge in [-0.25, -0.2) is 4.79 Å². The van der Waals surface area contributed by atoms with Crippen molar-refractivity contribution in [3.63, 3.8) is 0 Å². The summed E-state index contributed by atoms with van der Waals surface area (Å²) in [5.41, 5.74) is 2.60. The molecule has 0 radical (unpaired) electrons. The Balaban J connectivity index is 1.76. The third-order valence-electron chi connectivity index (χ3n) is 4.07. The van der Waals surface area contributed by atoms with Crippen LogP contribution in [0.2, 0.25) is 0 Å². The highest BCUT2D eigenvalue weighted by Crippen LogP contribution is 2.31. The lowest BCUT2D eigenvalue weighted by Crippen LogP contribution is -2.40. The van der Waals surface area contributed by atoms with Crippen molar-refractivity contribution in [3.05, 3.63) is 48.5 Å². The Hall–Kier alpha value is -2.57. The van der Waals surface area contributed by atoms with Crippen LogP contribution in [0.15, 0.2) is 48.5 Å². The number of hydrogen-bond donors (Lipinski definition) is 2. The number of aliphatic hydroxyl groups is 1. The molecule has 1 fully saturated rings. The van der Waals surface area contributed by atoms with E-state index >= 15 is 0 Å². The quantitative estimate of drug-likeness (QED) is 0.899. The average Bonchev–Trinajstić information content (AvgIpc) is 2.86. The lowest BCUT2D eigenvalue weighted by atomic mass is 10.0. The summed E-state index contributed by atoms with van der Waals surface area (Å²) in [5.74, 6) is 0.777. The number of urea groups is 1. The van der Waals surface area contributed by atoms with Crippen LogP contribution in [0.1, 0.15) is 0 Å². The standard InChI is InChI=1S/C19H22N2O4/c1-24-18-8-3-2-7-17(18)14-5-4-6-15(11-14)20-19(23)21-9-10-25-13-16(22)12-21/h2-8,11,16,22H,9-10,12-13H2,1H3,(H,20,23). The van der Waals surface area contributed by atoms with Crippen molar-refractivity contribution >= 4 is 11.7 Å². The molecular formula is C19H22N2O4. The summed E-state index contributed by atoms with van der Waals surface area (Å²) in [4.78, 5) is 14.0. The zero-order chi connectivity index (χ0) is 17.6. The number of anilines is 1. The van der Waals surface area contributed by atoms with E-state index in [0.717, 1.165) is 16.9 Å². The Labute approximate surface area is 147 Å². The molecule has 132 valence electrons. The number of amides is 2. The van der Waals surface area contributed by atoms with Crippen LogP contribution in [0.3, 0.4) is 0 Å². The predicted octanol–water partition coefficient (Wildman–Crippen LogP) is 2.59. The second kappa shape index (κ2) is 8.00. The van der Waals surface area contributed by atoms with Crippen LogP contribution in [0.25, 0.3) is 11.1 Å². The minimum Gasteiger partial charge on any atom is -0.496 e. The van der Waals surface area contributed by atoms with E-state index in [1.807, 2.05) is 48.5 Å². The fourth-order valence-electron chi connectivity index (χ4n) is 2.83. The number of benzene rings is 2. The molecule has 6 nitrogen and oxygen atoms in total. The van der Waals surface area contributed by atoms with Crippen LogP contribution in [0, 0.1) is 0 Å². The molecule has 0 aliphatic carbocycles. The number of ether oxygens (including phenoxy) is 2. The molecule has 0 aromatic heterocycles. The van der Waals surface area contributed by atoms with E-state index < -0.39 is 6.10 Å². The first kappa shape index (κ1) is 17.3. The number of hydrogen-bond acceptors (Lipinski definition) is 4. The summed E-state index contributed by atoms with van der Waals surface area (Å²) < 4.78 is 10.7. The van der Waals surface area contributed by atoms with E-state index in [9.17, 15) is 9.90 Å². The van der Waals surface area contributed by atoms with Crippen LogP contribution in [-0.2, 0) is 4.74 Å². The summed E-state index contributed by atoms with van der Waals surface area (Å²) in [6, 6.07) is 15.1. The summed E-state index contributed by atoms with van der Waals surface area (Å²) in [6.45, 7) is 1.39. The number of carbonyl (C=O) groups is 1. The fraction of sp³-hybridized carbons (Fsp3) is 0.316. The highest BCUT2D eigenvalue weighted by molar-refractivity contribution is 5.90. The lowest BCUT2D eigenvalue weighted by Gasteiger charge is -2.22. The van der Waals surface area contributed by atoms with Crippen molar-refractivity contribution in [2.24, 2.45) is 0 Å². The molecule has 2 amide bonds. The van der Waals surface area contributed by atoms with E-state index in [4.69, 9.17) is 9.47 Å². The first-order chi connectivity index (χ1) is 12.2. The molecule has 2 aromatic carbocycles. The normalized spacial score (nSPS) is 17.7. The van der Waals surface area contributed by atoms with Crippen LogP contribution in [0.4, 0.5) is 10.5 Å². The summed E-state index contributed by atoms with van der Waals surface area (Å²) in [5, 5.41) is 12.7. The van der Waals surface area contributed by atoms with E-state index in [1.165, 1.54) is 0 Å². The molecule has 1 aliphatic heterocycles. The van der Waals surface area contributed by atoms with Gasteiger partial charge in [0.1, 0.15) is 5.75 Å². The maximum absolute atomic E-state index is 12.5. The first-order valence-electron chi connectivity index (χ1n) is 8.22. The maximum atomic E-state index is 12.5. The van der Waals surface area contributed by atoms with Gasteiger partial charge in [0.05, 0.1) is 33.0 Å². The molecule has 0 spiro atoms. The molecule has 6 heteroatoms. The zero-order valence-corrected chi connectivity index (χ0v) is 14.1. The zero-order valence-electron chi connectivity index (χ0n) is 14.1. The van der Waals surface area contributed by atoms with Crippen LogP contribution in [0.5, 0.6) is 5.75 Å². The molecule has 0 bridgehead atoms. The molecule has 1 heterocycles. The van der Waals surface area contributed by atoms with Crippen molar-refractivity contribution in [3.8, 4) is 16.9 Å². The van der Waals surface area contributed by atoms with Crippen molar-refractivity contribution in [2.75, 3.05) is 38.7 Å². The summed E-state index contributed by atoms with van der Waals surface area (Å²) in [6.07, 6.45) is -0.659. The Bertz CT molecular complexity index is 735. The number of methoxy groups -OCH3 is 1. The van der Waals surface area contributed by atoms with Gasteiger partial charge in [-0.05, 0) is 23.8 Å². The molecule has 1 unspecified atom stereocenters. The highest BCUT2D eigenvalue weighted by atomic mass is 16.5. The third-order valence-corrected chi connectivity index (χ3v) is 4.07. The molecule has 2 aromatic rings. The van der Waals surface area contributed by atoms with Crippen molar-refractivity contribution < 1.29 is 19.4 Å². The number of carbonyl (C=O) groups excluding carboxylic acids is 1. The lowest BCUT2D eigenvalue weighted by molar-refractivity contribution is 0.0575. The maximum Gasteiger partial charge on any atom is 0.322 e. The minimum absolute atomic E-state index is 0.248. The van der Waals surface area contributed by atoms with Gasteiger partial charge in [-0.15, -0.1) is 0 Å². The second-order valence-corrected chi connectivity index (χ2v) is 5.89. The van der Waals surface area contributed by atoms with E-state index in [2.05, 4.69) is 5.32 Å². The van der Waals surface area contributed by atoms with E-state index in [-0.39, 0.29) is 19.2 Å². The first-order valence-corrected chi connectivity index (χ1v) is 8.22. The topological polar surface area (TPSA) is 71.0 Å². The van der Waals surface area contributed by atoms with Gasteiger partial charge in [-0.3, -0.25) is 0 Å². The molecule has 1 aliphatic rings. The van der Waals surface area contributed by atoms with Gasteiger partial charge in [0.2, 0.25) is 0 Å². The van der Waals surface area contributed by atoms with Gasteiger partial charge in [0.25, 0.3) is 0 Å². The van der Waals surface area contributed by atoms with Crippen molar-refractivity contribution in [1.29, 1.82) is 0 Å². The number of para-hydroxylation sites is 1. The van der Waals surface area contributed by atoms with Gasteiger partial charge in [-0.1, -0.05) is 30.3 Å². The summed E-state index contributed by atoms with van der Waals surface area (Å²) >= 11 is 0. The van der Waals surface area contributed by atoms with Crippen molar-refractivity contribution in [2.45, 2.75) is 6.10 Å². The van der Waals surface area contributed by atoms with Gasteiger partial charge < -0.3 is 24.8 Å². The molecule has 25 heavy (non-hydrogen) atoms. The van der Waals surface area contributed by atoms with Gasteiger partial charge >= 0.3 is 6.03 Å². The fourth-order valence-corrected chi connectivity index (χ4v) is 2.83. The Morgan fingerprint density at radius 2 is 2.12 bits per heavy atom. The van der Waals surface area contributed by atoms with Crippen LogP contribution >= 0.6 is 0 Å².